The Labute approximate surface area is 131 Å². The maximum absolute atomic E-state index is 6.01. The zero-order chi connectivity index (χ0) is 14.7. The molecule has 1 aromatic carbocycles. The number of nitrogens with zero attached hydrogens (tertiary/aromatic N) is 2. The summed E-state index contributed by atoms with van der Waals surface area (Å²) in [7, 11) is 2.19. The third-order valence-corrected chi connectivity index (χ3v) is 4.48. The highest BCUT2D eigenvalue weighted by molar-refractivity contribution is 6.31. The third-order valence-electron chi connectivity index (χ3n) is 4.25. The van der Waals surface area contributed by atoms with Crippen molar-refractivity contribution in [3.8, 4) is 0 Å². The molecule has 0 spiro atoms. The van der Waals surface area contributed by atoms with E-state index in [0.717, 1.165) is 30.2 Å². The molecular weight excluding hydrogens is 284 g/mol. The van der Waals surface area contributed by atoms with Gasteiger partial charge in [-0.05, 0) is 24.7 Å². The van der Waals surface area contributed by atoms with E-state index in [0.29, 0.717) is 0 Å². The number of likely N-dealkylation sites (N-methyl/N-ethyl adjacent to an activating group) is 1. The summed E-state index contributed by atoms with van der Waals surface area (Å²) in [5.41, 5.74) is 2.42. The molecule has 0 radical (unpaired) electrons. The largest absolute Gasteiger partial charge is 0.361 e. The molecule has 2 aromatic rings. The summed E-state index contributed by atoms with van der Waals surface area (Å²) in [6, 6.07) is 6.02. The van der Waals surface area contributed by atoms with E-state index in [9.17, 15) is 0 Å². The molecular formula is C16H23ClN4. The van der Waals surface area contributed by atoms with Gasteiger partial charge in [0.05, 0.1) is 0 Å². The summed E-state index contributed by atoms with van der Waals surface area (Å²) in [5.74, 6) is 0. The maximum atomic E-state index is 6.01. The molecule has 1 saturated heterocycles. The second-order valence-electron chi connectivity index (χ2n) is 5.83. The first kappa shape index (κ1) is 14.9. The molecule has 1 aliphatic heterocycles. The number of rotatable bonds is 5. The van der Waals surface area contributed by atoms with E-state index >= 15 is 0 Å². The minimum absolute atomic E-state index is 0.777. The number of hydrogen-bond donors (Lipinski definition) is 2. The van der Waals surface area contributed by atoms with Gasteiger partial charge in [0.2, 0.25) is 0 Å². The molecule has 1 fully saturated rings. The average Bonchev–Trinajstić information content (AvgIpc) is 2.87. The van der Waals surface area contributed by atoms with E-state index in [1.807, 2.05) is 12.1 Å². The number of halogens is 1. The highest BCUT2D eigenvalue weighted by Gasteiger charge is 2.12. The van der Waals surface area contributed by atoms with Crippen molar-refractivity contribution < 1.29 is 0 Å². The predicted molar refractivity (Wildman–Crippen MR) is 89.0 cm³/mol. The molecule has 2 N–H and O–H groups in total. The van der Waals surface area contributed by atoms with Gasteiger partial charge in [-0.25, -0.2) is 0 Å². The summed E-state index contributed by atoms with van der Waals surface area (Å²) in [6.07, 6.45) is 2.07. The van der Waals surface area contributed by atoms with Crippen molar-refractivity contribution in [3.05, 3.63) is 35.0 Å². The van der Waals surface area contributed by atoms with Crippen LogP contribution < -0.4 is 5.32 Å². The molecule has 2 heterocycles. The number of piperazine rings is 1. The molecule has 4 nitrogen and oxygen atoms in total. The van der Waals surface area contributed by atoms with Crippen LogP contribution in [0.2, 0.25) is 5.02 Å². The smallest absolute Gasteiger partial charge is 0.0472 e. The van der Waals surface area contributed by atoms with E-state index < -0.39 is 0 Å². The van der Waals surface area contributed by atoms with Crippen molar-refractivity contribution in [1.82, 2.24) is 20.1 Å². The second-order valence-corrected chi connectivity index (χ2v) is 6.26. The van der Waals surface area contributed by atoms with Crippen LogP contribution in [-0.4, -0.2) is 61.1 Å². The molecule has 0 aliphatic carbocycles. The van der Waals surface area contributed by atoms with Gasteiger partial charge in [-0.3, -0.25) is 4.90 Å². The zero-order valence-corrected chi connectivity index (χ0v) is 13.3. The highest BCUT2D eigenvalue weighted by Crippen LogP contribution is 2.21. The molecule has 0 bridgehead atoms. The normalized spacial score (nSPS) is 17.6. The third kappa shape index (κ3) is 3.77. The Morgan fingerprint density at radius 2 is 2.05 bits per heavy atom. The maximum Gasteiger partial charge on any atom is 0.0472 e. The van der Waals surface area contributed by atoms with E-state index in [1.165, 1.54) is 37.1 Å². The molecule has 0 atom stereocenters. The number of aromatic amines is 1. The molecule has 1 aromatic heterocycles. The van der Waals surface area contributed by atoms with E-state index in [4.69, 9.17) is 11.6 Å². The minimum atomic E-state index is 0.777. The Hall–Kier alpha value is -1.07. The van der Waals surface area contributed by atoms with E-state index in [-0.39, 0.29) is 0 Å². The Kier molecular flexibility index (Phi) is 4.80. The second kappa shape index (κ2) is 6.79. The first-order valence-electron chi connectivity index (χ1n) is 7.59. The lowest BCUT2D eigenvalue weighted by Crippen LogP contribution is -2.46. The van der Waals surface area contributed by atoms with Gasteiger partial charge in [0.15, 0.2) is 0 Å². The van der Waals surface area contributed by atoms with Crippen LogP contribution in [0.25, 0.3) is 10.9 Å². The van der Waals surface area contributed by atoms with E-state index in [2.05, 4.69) is 39.4 Å². The molecule has 0 unspecified atom stereocenters. The van der Waals surface area contributed by atoms with Crippen molar-refractivity contribution in [2.45, 2.75) is 6.54 Å². The van der Waals surface area contributed by atoms with Gasteiger partial charge in [0.1, 0.15) is 0 Å². The summed E-state index contributed by atoms with van der Waals surface area (Å²) >= 11 is 6.01. The highest BCUT2D eigenvalue weighted by atomic mass is 35.5. The summed E-state index contributed by atoms with van der Waals surface area (Å²) in [6.45, 7) is 7.79. The Balaban J connectivity index is 1.46. The van der Waals surface area contributed by atoms with Crippen molar-refractivity contribution in [1.29, 1.82) is 0 Å². The van der Waals surface area contributed by atoms with Crippen molar-refractivity contribution >= 4 is 22.5 Å². The minimum Gasteiger partial charge on any atom is -0.361 e. The number of hydrogen-bond acceptors (Lipinski definition) is 3. The molecule has 1 aliphatic rings. The number of H-pyrrole nitrogens is 1. The number of benzene rings is 1. The summed E-state index contributed by atoms with van der Waals surface area (Å²) < 4.78 is 0. The summed E-state index contributed by atoms with van der Waals surface area (Å²) in [4.78, 5) is 8.20. The van der Waals surface area contributed by atoms with Crippen LogP contribution >= 0.6 is 11.6 Å². The lowest BCUT2D eigenvalue weighted by molar-refractivity contribution is 0.154. The van der Waals surface area contributed by atoms with Crippen LogP contribution in [0, 0.1) is 0 Å². The van der Waals surface area contributed by atoms with Gasteiger partial charge in [0.25, 0.3) is 0 Å². The standard InChI is InChI=1S/C16H23ClN4/c1-20-6-8-21(9-7-20)5-4-18-11-13-12-19-16-10-14(17)2-3-15(13)16/h2-3,10,12,18-19H,4-9,11H2,1H3. The topological polar surface area (TPSA) is 34.3 Å². The Bertz CT molecular complexity index is 587. The quantitative estimate of drug-likeness (QED) is 0.831. The van der Waals surface area contributed by atoms with Gasteiger partial charge in [-0.2, -0.15) is 0 Å². The van der Waals surface area contributed by atoms with E-state index in [1.54, 1.807) is 0 Å². The van der Waals surface area contributed by atoms with Crippen LogP contribution in [0.4, 0.5) is 0 Å². The van der Waals surface area contributed by atoms with Crippen LogP contribution in [0.15, 0.2) is 24.4 Å². The lowest BCUT2D eigenvalue weighted by Gasteiger charge is -2.32. The van der Waals surface area contributed by atoms with Crippen LogP contribution in [0.1, 0.15) is 5.56 Å². The van der Waals surface area contributed by atoms with Crippen molar-refractivity contribution in [3.63, 3.8) is 0 Å². The average molecular weight is 307 g/mol. The Morgan fingerprint density at radius 1 is 1.24 bits per heavy atom. The van der Waals surface area contributed by atoms with Crippen LogP contribution in [-0.2, 0) is 6.54 Å². The first-order chi connectivity index (χ1) is 10.2. The first-order valence-corrected chi connectivity index (χ1v) is 7.97. The monoisotopic (exact) mass is 306 g/mol. The summed E-state index contributed by atoms with van der Waals surface area (Å²) in [5, 5.41) is 5.58. The predicted octanol–water partition coefficient (Wildman–Crippen LogP) is 2.16. The van der Waals surface area contributed by atoms with Crippen LogP contribution in [0.3, 0.4) is 0 Å². The van der Waals surface area contributed by atoms with Gasteiger partial charge >= 0.3 is 0 Å². The molecule has 0 saturated carbocycles. The van der Waals surface area contributed by atoms with Gasteiger partial charge < -0.3 is 15.2 Å². The molecule has 5 heteroatoms. The van der Waals surface area contributed by atoms with Gasteiger partial charge in [-0.1, -0.05) is 17.7 Å². The van der Waals surface area contributed by atoms with Gasteiger partial charge in [0, 0.05) is 67.9 Å². The number of nitrogens with one attached hydrogen (secondary N) is 2. The van der Waals surface area contributed by atoms with Crippen LogP contribution in [0.5, 0.6) is 0 Å². The van der Waals surface area contributed by atoms with Crippen molar-refractivity contribution in [2.24, 2.45) is 0 Å². The molecule has 3 rings (SSSR count). The lowest BCUT2D eigenvalue weighted by atomic mass is 10.2. The van der Waals surface area contributed by atoms with Crippen molar-refractivity contribution in [2.75, 3.05) is 46.3 Å². The number of aromatic nitrogens is 1. The fourth-order valence-corrected chi connectivity index (χ4v) is 3.01. The Morgan fingerprint density at radius 3 is 2.86 bits per heavy atom. The fourth-order valence-electron chi connectivity index (χ4n) is 2.84. The van der Waals surface area contributed by atoms with Gasteiger partial charge in [-0.15, -0.1) is 0 Å². The fraction of sp³-hybridized carbons (Fsp3) is 0.500. The SMILES string of the molecule is CN1CCN(CCNCc2c[nH]c3cc(Cl)ccc23)CC1. The molecule has 114 valence electrons. The molecule has 21 heavy (non-hydrogen) atoms. The zero-order valence-electron chi connectivity index (χ0n) is 12.5. The number of fused-ring (bicyclic) bond motifs is 1. The molecule has 0 amide bonds.